The Balaban J connectivity index is 1.98. The number of hydrogen-bond donors (Lipinski definition) is 1. The molecule has 0 saturated carbocycles. The van der Waals surface area contributed by atoms with Gasteiger partial charge in [0, 0.05) is 13.5 Å². The van der Waals surface area contributed by atoms with Gasteiger partial charge in [-0.25, -0.2) is 4.98 Å². The maximum atomic E-state index is 12.4. The summed E-state index contributed by atoms with van der Waals surface area (Å²) in [6, 6.07) is 4.79. The summed E-state index contributed by atoms with van der Waals surface area (Å²) in [6.45, 7) is 0. The third kappa shape index (κ3) is 3.57. The third-order valence-corrected chi connectivity index (χ3v) is 2.98. The van der Waals surface area contributed by atoms with Crippen LogP contribution in [-0.2, 0) is 26.1 Å². The van der Waals surface area contributed by atoms with Crippen molar-refractivity contribution in [1.29, 1.82) is 0 Å². The van der Waals surface area contributed by atoms with Crippen molar-refractivity contribution in [3.05, 3.63) is 47.5 Å². The fraction of sp³-hybridized carbons (Fsp3) is 0.385. The van der Waals surface area contributed by atoms with Gasteiger partial charge in [0.1, 0.15) is 12.2 Å². The first-order chi connectivity index (χ1) is 9.36. The van der Waals surface area contributed by atoms with Gasteiger partial charge in [0.25, 0.3) is 0 Å². The van der Waals surface area contributed by atoms with E-state index < -0.39 is 17.8 Å². The Kier molecular flexibility index (Phi) is 4.08. The second-order valence-corrected chi connectivity index (χ2v) is 4.56. The average Bonchev–Trinajstić information content (AvgIpc) is 2.74. The van der Waals surface area contributed by atoms with Crippen LogP contribution in [0.15, 0.2) is 30.6 Å². The van der Waals surface area contributed by atoms with E-state index in [4.69, 9.17) is 0 Å². The van der Waals surface area contributed by atoms with E-state index in [-0.39, 0.29) is 6.42 Å². The molecule has 2 rings (SSSR count). The van der Waals surface area contributed by atoms with E-state index in [9.17, 15) is 18.3 Å². The van der Waals surface area contributed by atoms with Gasteiger partial charge in [-0.1, -0.05) is 12.1 Å². The Bertz CT molecular complexity index is 563. The molecule has 1 atom stereocenters. The molecular weight excluding hydrogens is 271 g/mol. The number of hydrogen-bond acceptors (Lipinski definition) is 3. The van der Waals surface area contributed by atoms with Crippen LogP contribution in [0.1, 0.15) is 17.0 Å². The molecule has 0 saturated heterocycles. The number of aryl methyl sites for hydroxylation is 1. The van der Waals surface area contributed by atoms with Crippen LogP contribution < -0.4 is 0 Å². The summed E-state index contributed by atoms with van der Waals surface area (Å²) in [5, 5.41) is 13.8. The molecule has 0 aliphatic heterocycles. The summed E-state index contributed by atoms with van der Waals surface area (Å²) in [4.78, 5) is 3.99. The Morgan fingerprint density at radius 1 is 1.20 bits per heavy atom. The molecule has 1 heterocycles. The van der Waals surface area contributed by atoms with Crippen molar-refractivity contribution in [2.75, 3.05) is 0 Å². The Morgan fingerprint density at radius 2 is 1.85 bits per heavy atom. The Morgan fingerprint density at radius 3 is 2.35 bits per heavy atom. The number of aliphatic hydroxyl groups excluding tert-OH is 1. The third-order valence-electron chi connectivity index (χ3n) is 2.98. The van der Waals surface area contributed by atoms with Crippen molar-refractivity contribution in [1.82, 2.24) is 14.8 Å². The van der Waals surface area contributed by atoms with E-state index in [0.29, 0.717) is 17.8 Å². The normalized spacial score (nSPS) is 13.4. The number of benzene rings is 1. The summed E-state index contributed by atoms with van der Waals surface area (Å²) < 4.78 is 38.8. The van der Waals surface area contributed by atoms with Crippen LogP contribution in [0.2, 0.25) is 0 Å². The van der Waals surface area contributed by atoms with Crippen molar-refractivity contribution in [3.63, 3.8) is 0 Å². The SMILES string of the molecule is Cn1ncnc1CC(O)Cc1ccc(C(F)(F)F)cc1. The lowest BCUT2D eigenvalue weighted by molar-refractivity contribution is -0.137. The minimum atomic E-state index is -4.34. The fourth-order valence-electron chi connectivity index (χ4n) is 1.89. The van der Waals surface area contributed by atoms with Crippen LogP contribution in [0, 0.1) is 0 Å². The molecule has 4 nitrogen and oxygen atoms in total. The molecule has 108 valence electrons. The highest BCUT2D eigenvalue weighted by molar-refractivity contribution is 5.25. The Labute approximate surface area is 113 Å². The summed E-state index contributed by atoms with van der Waals surface area (Å²) in [5.41, 5.74) is -0.0447. The van der Waals surface area contributed by atoms with Gasteiger partial charge in [-0.2, -0.15) is 18.3 Å². The quantitative estimate of drug-likeness (QED) is 0.934. The van der Waals surface area contributed by atoms with Crippen molar-refractivity contribution in [2.24, 2.45) is 7.05 Å². The molecule has 7 heteroatoms. The number of alkyl halides is 3. The topological polar surface area (TPSA) is 50.9 Å². The molecule has 0 bridgehead atoms. The van der Waals surface area contributed by atoms with Crippen LogP contribution in [0.25, 0.3) is 0 Å². The first-order valence-electron chi connectivity index (χ1n) is 6.03. The highest BCUT2D eigenvalue weighted by Gasteiger charge is 2.29. The minimum absolute atomic E-state index is 0.269. The molecular formula is C13H14F3N3O. The van der Waals surface area contributed by atoms with Gasteiger partial charge in [-0.05, 0) is 24.1 Å². The van der Waals surface area contributed by atoms with E-state index in [1.165, 1.54) is 18.5 Å². The zero-order valence-corrected chi connectivity index (χ0v) is 10.8. The molecule has 0 aliphatic rings. The molecule has 0 fully saturated rings. The van der Waals surface area contributed by atoms with Crippen molar-refractivity contribution in [2.45, 2.75) is 25.1 Å². The van der Waals surface area contributed by atoms with E-state index in [1.807, 2.05) is 0 Å². The molecule has 0 amide bonds. The average molecular weight is 285 g/mol. The zero-order valence-electron chi connectivity index (χ0n) is 10.8. The van der Waals surface area contributed by atoms with Gasteiger partial charge in [0.05, 0.1) is 11.7 Å². The first kappa shape index (κ1) is 14.5. The van der Waals surface area contributed by atoms with Crippen molar-refractivity contribution >= 4 is 0 Å². The zero-order chi connectivity index (χ0) is 14.8. The molecule has 1 aromatic heterocycles. The van der Waals surface area contributed by atoms with Crippen LogP contribution >= 0.6 is 0 Å². The lowest BCUT2D eigenvalue weighted by Crippen LogP contribution is -2.17. The molecule has 0 radical (unpaired) electrons. The summed E-state index contributed by atoms with van der Waals surface area (Å²) in [7, 11) is 1.72. The maximum Gasteiger partial charge on any atom is 0.416 e. The van der Waals surface area contributed by atoms with Crippen LogP contribution in [0.3, 0.4) is 0 Å². The fourth-order valence-corrected chi connectivity index (χ4v) is 1.89. The first-order valence-corrected chi connectivity index (χ1v) is 6.03. The van der Waals surface area contributed by atoms with Crippen LogP contribution in [-0.4, -0.2) is 26.0 Å². The molecule has 1 N–H and O–H groups in total. The minimum Gasteiger partial charge on any atom is -0.392 e. The van der Waals surface area contributed by atoms with Gasteiger partial charge < -0.3 is 5.11 Å². The largest absolute Gasteiger partial charge is 0.416 e. The number of aromatic nitrogens is 3. The van der Waals surface area contributed by atoms with E-state index in [2.05, 4.69) is 10.1 Å². The van der Waals surface area contributed by atoms with Gasteiger partial charge in [-0.15, -0.1) is 0 Å². The van der Waals surface area contributed by atoms with Crippen molar-refractivity contribution < 1.29 is 18.3 Å². The van der Waals surface area contributed by atoms with E-state index >= 15 is 0 Å². The molecule has 0 aliphatic carbocycles. The van der Waals surface area contributed by atoms with Gasteiger partial charge in [0.2, 0.25) is 0 Å². The molecule has 0 spiro atoms. The predicted octanol–water partition coefficient (Wildman–Crippen LogP) is 1.98. The van der Waals surface area contributed by atoms with Gasteiger partial charge >= 0.3 is 6.18 Å². The number of halogens is 3. The monoisotopic (exact) mass is 285 g/mol. The lowest BCUT2D eigenvalue weighted by atomic mass is 10.0. The lowest BCUT2D eigenvalue weighted by Gasteiger charge is -2.11. The molecule has 2 aromatic rings. The number of nitrogens with zero attached hydrogens (tertiary/aromatic N) is 3. The van der Waals surface area contributed by atoms with Gasteiger partial charge in [-0.3, -0.25) is 4.68 Å². The van der Waals surface area contributed by atoms with Crippen LogP contribution in [0.5, 0.6) is 0 Å². The smallest absolute Gasteiger partial charge is 0.392 e. The number of aliphatic hydroxyl groups is 1. The second kappa shape index (κ2) is 5.62. The summed E-state index contributed by atoms with van der Waals surface area (Å²) in [6.07, 6.45) is -3.09. The highest BCUT2D eigenvalue weighted by Crippen LogP contribution is 2.29. The predicted molar refractivity (Wildman–Crippen MR) is 65.9 cm³/mol. The summed E-state index contributed by atoms with van der Waals surface area (Å²) in [5.74, 6) is 0.629. The molecule has 1 aromatic carbocycles. The van der Waals surface area contributed by atoms with Gasteiger partial charge in [0.15, 0.2) is 0 Å². The van der Waals surface area contributed by atoms with E-state index in [1.54, 1.807) is 11.7 Å². The summed E-state index contributed by atoms with van der Waals surface area (Å²) >= 11 is 0. The highest BCUT2D eigenvalue weighted by atomic mass is 19.4. The second-order valence-electron chi connectivity index (χ2n) is 4.56. The van der Waals surface area contributed by atoms with E-state index in [0.717, 1.165) is 12.1 Å². The van der Waals surface area contributed by atoms with Crippen LogP contribution in [0.4, 0.5) is 13.2 Å². The standard InChI is InChI=1S/C13H14F3N3O/c1-19-12(17-8-18-19)7-11(20)6-9-2-4-10(5-3-9)13(14,15)16/h2-5,8,11,20H,6-7H2,1H3. The number of rotatable bonds is 4. The molecule has 1 unspecified atom stereocenters. The maximum absolute atomic E-state index is 12.4. The van der Waals surface area contributed by atoms with Crippen molar-refractivity contribution in [3.8, 4) is 0 Å². The Hall–Kier alpha value is -1.89. The molecule has 20 heavy (non-hydrogen) atoms.